The lowest BCUT2D eigenvalue weighted by Crippen LogP contribution is -2.39. The van der Waals surface area contributed by atoms with Crippen molar-refractivity contribution in [3.8, 4) is 34.1 Å². The van der Waals surface area contributed by atoms with Gasteiger partial charge in [0.05, 0.1) is 32.6 Å². The van der Waals surface area contributed by atoms with Gasteiger partial charge in [-0.05, 0) is 79.6 Å². The normalized spacial score (nSPS) is 17.3. The number of halogens is 3. The van der Waals surface area contributed by atoms with Crippen LogP contribution in [0.5, 0.6) is 23.0 Å². The Hall–Kier alpha value is -4.85. The number of phenols is 1. The Kier molecular flexibility index (Phi) is 10.2. The molecule has 0 unspecified atom stereocenters. The number of piperidine rings is 1. The smallest absolute Gasteiger partial charge is 0.418 e. The number of likely N-dealkylation sites (N-methyl/N-ethyl adjacent to an activating group) is 1. The van der Waals surface area contributed by atoms with Crippen molar-refractivity contribution in [2.75, 3.05) is 70.1 Å². The Bertz CT molecular complexity index is 1830. The molecule has 3 aromatic rings. The molecule has 0 radical (unpaired) electrons. The van der Waals surface area contributed by atoms with Crippen molar-refractivity contribution in [1.82, 2.24) is 10.2 Å². The standard InChI is InChI=1S/C37H44F3N5O6/c1-6-30(46)41-19-20-9-13-45(14-10-20)26-8-7-22(16-24(26)37(38,39)40)42-36(48)43-25-18-28(49-3)34(47)32-23(25)17-27-31-21(11-12-44(27)2)15-29(50-4)35(51-5)33(31)32/h7-8,15-16,18,20,27,47H,6,9-14,17,19H2,1-5H3,(H,41,46)(H2,42,43,48)/t27-/m0/s1. The van der Waals surface area contributed by atoms with Crippen molar-refractivity contribution < 1.29 is 42.1 Å². The van der Waals surface area contributed by atoms with E-state index < -0.39 is 17.8 Å². The van der Waals surface area contributed by atoms with Gasteiger partial charge in [-0.15, -0.1) is 0 Å². The topological polar surface area (TPSA) is 125 Å². The second-order valence-electron chi connectivity index (χ2n) is 13.2. The minimum Gasteiger partial charge on any atom is -0.504 e. The summed E-state index contributed by atoms with van der Waals surface area (Å²) < 4.78 is 60.3. The Morgan fingerprint density at radius 3 is 2.33 bits per heavy atom. The third-order valence-corrected chi connectivity index (χ3v) is 10.3. The number of amides is 3. The molecule has 2 aliphatic heterocycles. The number of aromatic hydroxyl groups is 1. The van der Waals surface area contributed by atoms with Gasteiger partial charge in [-0.3, -0.25) is 9.69 Å². The fraction of sp³-hybridized carbons (Fsp3) is 0.459. The Morgan fingerprint density at radius 2 is 1.69 bits per heavy atom. The van der Waals surface area contributed by atoms with Crippen molar-refractivity contribution in [3.05, 3.63) is 52.6 Å². The molecule has 4 N–H and O–H groups in total. The predicted molar refractivity (Wildman–Crippen MR) is 188 cm³/mol. The van der Waals surface area contributed by atoms with E-state index in [4.69, 9.17) is 14.2 Å². The summed E-state index contributed by atoms with van der Waals surface area (Å²) in [7, 11) is 6.49. The highest BCUT2D eigenvalue weighted by atomic mass is 19.4. The van der Waals surface area contributed by atoms with Crippen LogP contribution in [0.25, 0.3) is 11.1 Å². The van der Waals surface area contributed by atoms with Crippen LogP contribution in [0.15, 0.2) is 30.3 Å². The number of nitrogens with one attached hydrogen (secondary N) is 3. The highest BCUT2D eigenvalue weighted by molar-refractivity contribution is 6.03. The largest absolute Gasteiger partial charge is 0.504 e. The van der Waals surface area contributed by atoms with Crippen molar-refractivity contribution in [2.45, 2.75) is 51.2 Å². The molecule has 11 nitrogen and oxygen atoms in total. The maximum Gasteiger partial charge on any atom is 0.418 e. The average molecular weight is 712 g/mol. The SMILES string of the molecule is CCC(=O)NCC1CCN(c2ccc(NC(=O)Nc3cc(OC)c(O)c4c3C[C@H]3c5c(cc(OC)c(OC)c5-4)CCN3C)cc2C(F)(F)F)CC1. The van der Waals surface area contributed by atoms with Crippen LogP contribution < -0.4 is 35.1 Å². The summed E-state index contributed by atoms with van der Waals surface area (Å²) >= 11 is 0. The van der Waals surface area contributed by atoms with Crippen molar-refractivity contribution in [1.29, 1.82) is 0 Å². The molecule has 1 aliphatic carbocycles. The van der Waals surface area contributed by atoms with Crippen molar-refractivity contribution >= 4 is 29.0 Å². The van der Waals surface area contributed by atoms with E-state index in [0.717, 1.165) is 30.2 Å². The number of urea groups is 1. The number of rotatable bonds is 9. The summed E-state index contributed by atoms with van der Waals surface area (Å²) in [5, 5.41) is 19.8. The summed E-state index contributed by atoms with van der Waals surface area (Å²) in [6, 6.07) is 6.39. The van der Waals surface area contributed by atoms with Crippen molar-refractivity contribution in [3.63, 3.8) is 0 Å². The molecule has 274 valence electrons. The van der Waals surface area contributed by atoms with E-state index in [1.807, 2.05) is 13.1 Å². The molecular formula is C37H44F3N5O6. The van der Waals surface area contributed by atoms with Gasteiger partial charge in [-0.25, -0.2) is 4.79 Å². The number of methoxy groups -OCH3 is 3. The molecule has 0 saturated carbocycles. The molecule has 2 heterocycles. The minimum absolute atomic E-state index is 0.0336. The maximum atomic E-state index is 14.4. The Morgan fingerprint density at radius 1 is 0.961 bits per heavy atom. The Labute approximate surface area is 295 Å². The summed E-state index contributed by atoms with van der Waals surface area (Å²) in [6.07, 6.45) is -1.80. The number of hydrogen-bond acceptors (Lipinski definition) is 8. The van der Waals surface area contributed by atoms with Gasteiger partial charge in [-0.1, -0.05) is 6.92 Å². The summed E-state index contributed by atoms with van der Waals surface area (Å²) in [4.78, 5) is 29.1. The number of carbonyl (C=O) groups is 2. The highest BCUT2D eigenvalue weighted by Crippen LogP contribution is 2.57. The van der Waals surface area contributed by atoms with Gasteiger partial charge in [0.2, 0.25) is 5.91 Å². The lowest BCUT2D eigenvalue weighted by Gasteiger charge is -2.41. The first-order valence-corrected chi connectivity index (χ1v) is 17.1. The molecule has 3 amide bonds. The van der Waals surface area contributed by atoms with Crippen LogP contribution >= 0.6 is 0 Å². The lowest BCUT2D eigenvalue weighted by molar-refractivity contribution is -0.137. The molecule has 0 aromatic heterocycles. The lowest BCUT2D eigenvalue weighted by atomic mass is 9.75. The molecular weight excluding hydrogens is 667 g/mol. The van der Waals surface area contributed by atoms with E-state index in [9.17, 15) is 27.9 Å². The molecule has 0 bridgehead atoms. The number of alkyl halides is 3. The van der Waals surface area contributed by atoms with Crippen LogP contribution in [0.1, 0.15) is 54.5 Å². The summed E-state index contributed by atoms with van der Waals surface area (Å²) in [5.41, 5.74) is 3.26. The summed E-state index contributed by atoms with van der Waals surface area (Å²) in [5.74, 6) is 1.06. The zero-order valence-corrected chi connectivity index (χ0v) is 29.4. The first-order chi connectivity index (χ1) is 24.4. The number of benzene rings is 3. The molecule has 0 spiro atoms. The van der Waals surface area contributed by atoms with E-state index in [0.29, 0.717) is 79.2 Å². The second kappa shape index (κ2) is 14.4. The van der Waals surface area contributed by atoms with Gasteiger partial charge >= 0.3 is 12.2 Å². The molecule has 14 heteroatoms. The molecule has 6 rings (SSSR count). The minimum atomic E-state index is -4.67. The third-order valence-electron chi connectivity index (χ3n) is 10.3. The fourth-order valence-corrected chi connectivity index (χ4v) is 7.62. The van der Waals surface area contributed by atoms with Crippen molar-refractivity contribution in [2.24, 2.45) is 5.92 Å². The van der Waals surface area contributed by atoms with Crippen LogP contribution in [-0.2, 0) is 23.8 Å². The van der Waals surface area contributed by atoms with Crippen LogP contribution in [0.2, 0.25) is 0 Å². The number of hydrogen-bond donors (Lipinski definition) is 4. The zero-order valence-electron chi connectivity index (χ0n) is 29.4. The number of fused-ring (bicyclic) bond motifs is 2. The van der Waals surface area contributed by atoms with Gasteiger partial charge in [0.15, 0.2) is 23.0 Å². The van der Waals surface area contributed by atoms with Gasteiger partial charge < -0.3 is 40.2 Å². The molecule has 1 atom stereocenters. The maximum absolute atomic E-state index is 14.4. The molecule has 1 saturated heterocycles. The third kappa shape index (κ3) is 6.93. The zero-order chi connectivity index (χ0) is 36.6. The van der Waals surface area contributed by atoms with E-state index in [1.54, 1.807) is 18.9 Å². The van der Waals surface area contributed by atoms with E-state index in [1.165, 1.54) is 32.4 Å². The number of ether oxygens (including phenoxy) is 3. The molecule has 3 aliphatic rings. The first kappa shape index (κ1) is 36.0. The number of phenolic OH excluding ortho intramolecular Hbond substituents is 1. The fourth-order valence-electron chi connectivity index (χ4n) is 7.62. The van der Waals surface area contributed by atoms with E-state index >= 15 is 0 Å². The van der Waals surface area contributed by atoms with E-state index in [-0.39, 0.29) is 40.7 Å². The number of anilines is 3. The number of carbonyl (C=O) groups excluding carboxylic acids is 2. The quantitative estimate of drug-likeness (QED) is 0.184. The first-order valence-electron chi connectivity index (χ1n) is 17.1. The van der Waals surface area contributed by atoms with E-state index in [2.05, 4.69) is 20.9 Å². The monoisotopic (exact) mass is 711 g/mol. The van der Waals surface area contributed by atoms with Gasteiger partial charge in [-0.2, -0.15) is 13.2 Å². The highest BCUT2D eigenvalue weighted by Gasteiger charge is 2.40. The van der Waals surface area contributed by atoms with Gasteiger partial charge in [0.25, 0.3) is 0 Å². The second-order valence-corrected chi connectivity index (χ2v) is 13.2. The molecule has 51 heavy (non-hydrogen) atoms. The van der Waals surface area contributed by atoms with Crippen LogP contribution in [0.3, 0.4) is 0 Å². The summed E-state index contributed by atoms with van der Waals surface area (Å²) in [6.45, 7) is 3.88. The number of nitrogens with zero attached hydrogens (tertiary/aromatic N) is 2. The van der Waals surface area contributed by atoms with Crippen LogP contribution in [-0.4, -0.2) is 76.5 Å². The van der Waals surface area contributed by atoms with Crippen LogP contribution in [0, 0.1) is 5.92 Å². The van der Waals surface area contributed by atoms with Gasteiger partial charge in [0, 0.05) is 67.2 Å². The van der Waals surface area contributed by atoms with Gasteiger partial charge in [0.1, 0.15) is 0 Å². The molecule has 3 aromatic carbocycles. The average Bonchev–Trinajstić information content (AvgIpc) is 3.12. The Balaban J connectivity index is 1.29. The predicted octanol–water partition coefficient (Wildman–Crippen LogP) is 6.58. The van der Waals surface area contributed by atoms with Crippen LogP contribution in [0.4, 0.5) is 35.0 Å². The molecule has 1 fully saturated rings.